The summed E-state index contributed by atoms with van der Waals surface area (Å²) < 4.78 is 1.50. The number of nitrogens with zero attached hydrogens (tertiary/aromatic N) is 5. The van der Waals surface area contributed by atoms with Crippen molar-refractivity contribution in [2.24, 2.45) is 0 Å². The van der Waals surface area contributed by atoms with E-state index in [1.807, 2.05) is 36.1 Å². The summed E-state index contributed by atoms with van der Waals surface area (Å²) in [6, 6.07) is 10.9. The van der Waals surface area contributed by atoms with Crippen molar-refractivity contribution in [3.8, 4) is 0 Å². The highest BCUT2D eigenvalue weighted by atomic mass is 16.2. The molecule has 1 saturated heterocycles. The quantitative estimate of drug-likeness (QED) is 0.741. The first-order valence-electron chi connectivity index (χ1n) is 9.11. The summed E-state index contributed by atoms with van der Waals surface area (Å²) in [6.45, 7) is 6.01. The molecule has 1 fully saturated rings. The third-order valence-electron chi connectivity index (χ3n) is 4.96. The number of piperazine rings is 1. The number of aromatic amines is 1. The Hall–Kier alpha value is -3.00. The minimum absolute atomic E-state index is 0.0383. The Morgan fingerprint density at radius 3 is 2.67 bits per heavy atom. The lowest BCUT2D eigenvalue weighted by Gasteiger charge is -2.34. The Labute approximate surface area is 156 Å². The highest BCUT2D eigenvalue weighted by Gasteiger charge is 2.25. The number of H-pyrrole nitrogens is 1. The van der Waals surface area contributed by atoms with Crippen LogP contribution in [0.5, 0.6) is 0 Å². The van der Waals surface area contributed by atoms with E-state index in [-0.39, 0.29) is 11.5 Å². The molecule has 0 radical (unpaired) electrons. The molecule has 1 N–H and O–H groups in total. The molecule has 0 bridgehead atoms. The molecule has 3 heterocycles. The number of aromatic nitrogens is 4. The molecule has 0 saturated carbocycles. The lowest BCUT2D eigenvalue weighted by atomic mass is 10.2. The molecule has 27 heavy (non-hydrogen) atoms. The van der Waals surface area contributed by atoms with Crippen molar-refractivity contribution >= 4 is 16.8 Å². The summed E-state index contributed by atoms with van der Waals surface area (Å²) in [4.78, 5) is 28.8. The largest absolute Gasteiger partial charge is 0.335 e. The maximum absolute atomic E-state index is 12.8. The van der Waals surface area contributed by atoms with Gasteiger partial charge < -0.3 is 4.90 Å². The summed E-state index contributed by atoms with van der Waals surface area (Å²) in [5.41, 5.74) is 2.10. The second kappa shape index (κ2) is 7.32. The minimum Gasteiger partial charge on any atom is -0.335 e. The van der Waals surface area contributed by atoms with Crippen molar-refractivity contribution in [1.82, 2.24) is 29.8 Å². The summed E-state index contributed by atoms with van der Waals surface area (Å²) >= 11 is 0. The number of fused-ring (bicyclic) bond motifs is 1. The number of carbonyl (C=O) groups excluding carboxylic acids is 1. The van der Waals surface area contributed by atoms with Crippen molar-refractivity contribution in [1.29, 1.82) is 0 Å². The summed E-state index contributed by atoms with van der Waals surface area (Å²) in [5, 5.41) is 12.2. The second-order valence-electron chi connectivity index (χ2n) is 6.79. The van der Waals surface area contributed by atoms with Crippen LogP contribution in [0.1, 0.15) is 16.2 Å². The average Bonchev–Trinajstić information content (AvgIpc) is 3.13. The summed E-state index contributed by atoms with van der Waals surface area (Å²) in [6.07, 6.45) is 0. The van der Waals surface area contributed by atoms with Crippen LogP contribution in [0.2, 0.25) is 0 Å². The van der Waals surface area contributed by atoms with Gasteiger partial charge in [-0.05, 0) is 19.1 Å². The van der Waals surface area contributed by atoms with Crippen LogP contribution in [0.3, 0.4) is 0 Å². The van der Waals surface area contributed by atoms with Gasteiger partial charge in [0.15, 0.2) is 5.69 Å². The van der Waals surface area contributed by atoms with Crippen molar-refractivity contribution in [3.63, 3.8) is 0 Å². The summed E-state index contributed by atoms with van der Waals surface area (Å²) in [7, 11) is 0. The number of para-hydroxylation sites is 1. The predicted molar refractivity (Wildman–Crippen MR) is 102 cm³/mol. The average molecular weight is 366 g/mol. The monoisotopic (exact) mass is 366 g/mol. The maximum Gasteiger partial charge on any atom is 0.275 e. The highest BCUT2D eigenvalue weighted by Crippen LogP contribution is 2.17. The van der Waals surface area contributed by atoms with Gasteiger partial charge in [-0.1, -0.05) is 18.2 Å². The molecule has 4 rings (SSSR count). The molecule has 1 aromatic carbocycles. The number of benzene rings is 1. The van der Waals surface area contributed by atoms with Crippen molar-refractivity contribution in [2.45, 2.75) is 13.5 Å². The fraction of sp³-hybridized carbons (Fsp3) is 0.368. The zero-order valence-electron chi connectivity index (χ0n) is 15.3. The lowest BCUT2D eigenvalue weighted by molar-refractivity contribution is 0.0627. The Kier molecular flexibility index (Phi) is 4.72. The van der Waals surface area contributed by atoms with E-state index in [9.17, 15) is 9.59 Å². The number of hydrogen-bond acceptors (Lipinski definition) is 5. The zero-order chi connectivity index (χ0) is 18.8. The molecule has 0 aliphatic carbocycles. The van der Waals surface area contributed by atoms with Gasteiger partial charge in [-0.2, -0.15) is 10.2 Å². The number of rotatable bonds is 4. The van der Waals surface area contributed by atoms with Gasteiger partial charge in [-0.15, -0.1) is 0 Å². The first kappa shape index (κ1) is 17.4. The first-order chi connectivity index (χ1) is 13.1. The topological polar surface area (TPSA) is 87.1 Å². The van der Waals surface area contributed by atoms with Crippen LogP contribution in [-0.2, 0) is 6.54 Å². The SMILES string of the molecule is Cc1ccc(=O)n(CCN2CCN(C(=O)c3n[nH]c4ccccc34)CC2)n1. The van der Waals surface area contributed by atoms with Crippen LogP contribution in [-0.4, -0.2) is 68.4 Å². The van der Waals surface area contributed by atoms with E-state index in [1.54, 1.807) is 12.1 Å². The Balaban J connectivity index is 1.35. The highest BCUT2D eigenvalue weighted by molar-refractivity contribution is 6.04. The number of hydrogen-bond donors (Lipinski definition) is 1. The van der Waals surface area contributed by atoms with Crippen molar-refractivity contribution < 1.29 is 4.79 Å². The molecule has 1 aliphatic heterocycles. The van der Waals surface area contributed by atoms with Gasteiger partial charge in [0.05, 0.1) is 17.8 Å². The van der Waals surface area contributed by atoms with E-state index in [0.29, 0.717) is 25.3 Å². The van der Waals surface area contributed by atoms with E-state index in [2.05, 4.69) is 20.2 Å². The van der Waals surface area contributed by atoms with Crippen LogP contribution in [0.4, 0.5) is 0 Å². The predicted octanol–water partition coefficient (Wildman–Crippen LogP) is 0.886. The molecule has 8 nitrogen and oxygen atoms in total. The number of amides is 1. The fourth-order valence-corrected chi connectivity index (χ4v) is 3.40. The third kappa shape index (κ3) is 3.61. The summed E-state index contributed by atoms with van der Waals surface area (Å²) in [5.74, 6) is -0.0383. The molecule has 3 aromatic rings. The second-order valence-corrected chi connectivity index (χ2v) is 6.79. The smallest absolute Gasteiger partial charge is 0.275 e. The van der Waals surface area contributed by atoms with E-state index < -0.39 is 0 Å². The van der Waals surface area contributed by atoms with E-state index in [4.69, 9.17) is 0 Å². The van der Waals surface area contributed by atoms with Crippen LogP contribution >= 0.6 is 0 Å². The Bertz CT molecular complexity index is 1020. The van der Waals surface area contributed by atoms with Gasteiger partial charge in [-0.25, -0.2) is 4.68 Å². The van der Waals surface area contributed by atoms with Crippen LogP contribution < -0.4 is 5.56 Å². The van der Waals surface area contributed by atoms with E-state index in [1.165, 1.54) is 4.68 Å². The minimum atomic E-state index is -0.0835. The maximum atomic E-state index is 12.8. The molecule has 1 amide bonds. The van der Waals surface area contributed by atoms with Gasteiger partial charge in [-0.3, -0.25) is 19.6 Å². The molecule has 140 valence electrons. The molecule has 1 aliphatic rings. The molecule has 0 spiro atoms. The van der Waals surface area contributed by atoms with Gasteiger partial charge in [0.1, 0.15) is 0 Å². The van der Waals surface area contributed by atoms with Crippen LogP contribution in [0, 0.1) is 6.92 Å². The molecule has 0 atom stereocenters. The van der Waals surface area contributed by atoms with E-state index >= 15 is 0 Å². The number of carbonyl (C=O) groups is 1. The normalized spacial score (nSPS) is 15.4. The van der Waals surface area contributed by atoms with Gasteiger partial charge in [0, 0.05) is 44.2 Å². The van der Waals surface area contributed by atoms with E-state index in [0.717, 1.165) is 36.2 Å². The van der Waals surface area contributed by atoms with Crippen LogP contribution in [0.25, 0.3) is 10.9 Å². The third-order valence-corrected chi connectivity index (χ3v) is 4.96. The lowest BCUT2D eigenvalue weighted by Crippen LogP contribution is -2.49. The molecular weight excluding hydrogens is 344 g/mol. The Morgan fingerprint density at radius 1 is 1.07 bits per heavy atom. The van der Waals surface area contributed by atoms with Crippen molar-refractivity contribution in [2.75, 3.05) is 32.7 Å². The number of aryl methyl sites for hydroxylation is 1. The molecular formula is C19H22N6O2. The van der Waals surface area contributed by atoms with Gasteiger partial charge in [0.25, 0.3) is 11.5 Å². The standard InChI is InChI=1S/C19H22N6O2/c1-14-6-7-17(26)25(22-14)13-10-23-8-11-24(12-9-23)19(27)18-15-4-2-3-5-16(15)20-21-18/h2-7H,8-13H2,1H3,(H,20,21). The van der Waals surface area contributed by atoms with Crippen molar-refractivity contribution in [3.05, 3.63) is 58.1 Å². The van der Waals surface area contributed by atoms with Gasteiger partial charge in [0.2, 0.25) is 0 Å². The zero-order valence-corrected chi connectivity index (χ0v) is 15.3. The molecule has 2 aromatic heterocycles. The first-order valence-corrected chi connectivity index (χ1v) is 9.11. The number of nitrogens with one attached hydrogen (secondary N) is 1. The molecule has 0 unspecified atom stereocenters. The van der Waals surface area contributed by atoms with Gasteiger partial charge >= 0.3 is 0 Å². The van der Waals surface area contributed by atoms with Crippen LogP contribution in [0.15, 0.2) is 41.2 Å². The molecule has 8 heteroatoms. The Morgan fingerprint density at radius 2 is 1.85 bits per heavy atom. The fourth-order valence-electron chi connectivity index (χ4n) is 3.40.